The third kappa shape index (κ3) is 4.79. The summed E-state index contributed by atoms with van der Waals surface area (Å²) >= 11 is 5.81. The number of aliphatic hydroxyl groups is 1. The Morgan fingerprint density at radius 1 is 1.24 bits per heavy atom. The lowest BCUT2D eigenvalue weighted by Gasteiger charge is -2.23. The fourth-order valence-corrected chi connectivity index (χ4v) is 4.40. The molecule has 0 radical (unpaired) electrons. The lowest BCUT2D eigenvalue weighted by atomic mass is 10.1. The summed E-state index contributed by atoms with van der Waals surface area (Å²) < 4.78 is 18.4. The number of halogens is 2. The molecule has 0 saturated carbocycles. The minimum Gasteiger partial charge on any atom is -0.407 e. The zero-order valence-electron chi connectivity index (χ0n) is 17.9. The molecule has 33 heavy (non-hydrogen) atoms. The third-order valence-electron chi connectivity index (χ3n) is 5.77. The van der Waals surface area contributed by atoms with E-state index >= 15 is 0 Å². The van der Waals surface area contributed by atoms with Gasteiger partial charge in [-0.05, 0) is 60.4 Å². The molecule has 10 heteroatoms. The Hall–Kier alpha value is -3.17. The van der Waals surface area contributed by atoms with Gasteiger partial charge in [0.1, 0.15) is 5.82 Å². The Morgan fingerprint density at radius 2 is 2.03 bits per heavy atom. The number of carbonyl (C=O) groups excluding carboxylic acids is 3. The van der Waals surface area contributed by atoms with Crippen LogP contribution >= 0.6 is 11.6 Å². The smallest absolute Gasteiger partial charge is 0.407 e. The van der Waals surface area contributed by atoms with Gasteiger partial charge in [0.25, 0.3) is 11.7 Å². The van der Waals surface area contributed by atoms with Crippen LogP contribution < -0.4 is 15.1 Å². The molecule has 0 spiro atoms. The summed E-state index contributed by atoms with van der Waals surface area (Å²) in [5.41, 5.74) is 2.89. The van der Waals surface area contributed by atoms with E-state index in [4.69, 9.17) is 16.3 Å². The van der Waals surface area contributed by atoms with Crippen molar-refractivity contribution in [3.63, 3.8) is 0 Å². The summed E-state index contributed by atoms with van der Waals surface area (Å²) in [5.74, 6) is -3.55. The molecule has 2 aliphatic heterocycles. The van der Waals surface area contributed by atoms with Crippen molar-refractivity contribution < 1.29 is 28.6 Å². The summed E-state index contributed by atoms with van der Waals surface area (Å²) in [6.45, 7) is 2.35. The van der Waals surface area contributed by atoms with Crippen molar-refractivity contribution in [1.82, 2.24) is 5.32 Å². The van der Waals surface area contributed by atoms with Crippen LogP contribution in [0, 0.1) is 5.82 Å². The molecule has 1 fully saturated rings. The molecule has 8 nitrogen and oxygen atoms in total. The first-order chi connectivity index (χ1) is 15.7. The van der Waals surface area contributed by atoms with E-state index in [9.17, 15) is 23.9 Å². The second-order valence-electron chi connectivity index (χ2n) is 8.07. The molecule has 2 aromatic carbocycles. The highest BCUT2D eigenvalue weighted by atomic mass is 35.5. The molecule has 2 aliphatic rings. The molecule has 1 unspecified atom stereocenters. The molecule has 0 bridgehead atoms. The molecule has 4 rings (SSSR count). The van der Waals surface area contributed by atoms with Crippen molar-refractivity contribution in [2.75, 3.05) is 29.4 Å². The standard InChI is InChI=1S/C23H23ClFN3O5/c1-14(29)27-8-5-16-12-19(2-3-20(16)27)28-9-6-23(32,21(28)30)33-22(31)26-7-4-15-10-17(24)13-18(25)11-15/h2-3,10-13,32H,4-9H2,1H3,(H,26,31). The minimum absolute atomic E-state index is 0.0481. The van der Waals surface area contributed by atoms with Crippen LogP contribution in [-0.2, 0) is 27.2 Å². The fraction of sp³-hybridized carbons (Fsp3) is 0.348. The van der Waals surface area contributed by atoms with Gasteiger partial charge in [0.05, 0.1) is 0 Å². The highest BCUT2D eigenvalue weighted by molar-refractivity contribution is 6.30. The van der Waals surface area contributed by atoms with Gasteiger partial charge in [0, 0.05) is 49.4 Å². The number of rotatable bonds is 5. The van der Waals surface area contributed by atoms with Crippen molar-refractivity contribution >= 4 is 40.9 Å². The van der Waals surface area contributed by atoms with Crippen LogP contribution in [0.4, 0.5) is 20.6 Å². The number of carbonyl (C=O) groups is 3. The number of hydrogen-bond acceptors (Lipinski definition) is 5. The van der Waals surface area contributed by atoms with Crippen LogP contribution in [0.15, 0.2) is 36.4 Å². The number of ether oxygens (including phenoxy) is 1. The summed E-state index contributed by atoms with van der Waals surface area (Å²) in [6, 6.07) is 9.35. The van der Waals surface area contributed by atoms with E-state index in [-0.39, 0.29) is 36.9 Å². The van der Waals surface area contributed by atoms with Crippen LogP contribution in [0.5, 0.6) is 0 Å². The Bertz CT molecular complexity index is 1110. The van der Waals surface area contributed by atoms with Crippen molar-refractivity contribution in [2.24, 2.45) is 0 Å². The quantitative estimate of drug-likeness (QED) is 0.648. The van der Waals surface area contributed by atoms with E-state index in [2.05, 4.69) is 5.32 Å². The molecule has 2 aromatic rings. The largest absolute Gasteiger partial charge is 0.410 e. The number of nitrogens with one attached hydrogen (secondary N) is 1. The fourth-order valence-electron chi connectivity index (χ4n) is 4.16. The summed E-state index contributed by atoms with van der Waals surface area (Å²) in [5, 5.41) is 13.4. The third-order valence-corrected chi connectivity index (χ3v) is 5.99. The van der Waals surface area contributed by atoms with Crippen molar-refractivity contribution in [1.29, 1.82) is 0 Å². The normalized spacial score (nSPS) is 19.6. The zero-order valence-corrected chi connectivity index (χ0v) is 18.7. The molecular weight excluding hydrogens is 453 g/mol. The van der Waals surface area contributed by atoms with Crippen LogP contribution in [-0.4, -0.2) is 48.4 Å². The van der Waals surface area contributed by atoms with Crippen molar-refractivity contribution in [2.45, 2.75) is 32.0 Å². The number of anilines is 2. The predicted octanol–water partition coefficient (Wildman–Crippen LogP) is 2.78. The van der Waals surface area contributed by atoms with E-state index < -0.39 is 23.6 Å². The number of alkyl carbamates (subject to hydrolysis) is 1. The van der Waals surface area contributed by atoms with Gasteiger partial charge in [-0.1, -0.05) is 11.6 Å². The van der Waals surface area contributed by atoms with Crippen molar-refractivity contribution in [3.8, 4) is 0 Å². The van der Waals surface area contributed by atoms with Crippen molar-refractivity contribution in [3.05, 3.63) is 58.4 Å². The second kappa shape index (κ2) is 8.99. The average Bonchev–Trinajstić information content (AvgIpc) is 3.28. The molecular formula is C23H23ClFN3O5. The van der Waals surface area contributed by atoms with Gasteiger partial charge in [-0.15, -0.1) is 0 Å². The van der Waals surface area contributed by atoms with Gasteiger partial charge < -0.3 is 25.0 Å². The van der Waals surface area contributed by atoms with Crippen LogP contribution in [0.25, 0.3) is 0 Å². The van der Waals surface area contributed by atoms with Gasteiger partial charge in [-0.3, -0.25) is 9.59 Å². The van der Waals surface area contributed by atoms with E-state index in [1.165, 1.54) is 24.0 Å². The van der Waals surface area contributed by atoms with Gasteiger partial charge >= 0.3 is 6.09 Å². The molecule has 0 aliphatic carbocycles. The number of nitrogens with zero attached hydrogens (tertiary/aromatic N) is 2. The van der Waals surface area contributed by atoms with Crippen LogP contribution in [0.3, 0.4) is 0 Å². The summed E-state index contributed by atoms with van der Waals surface area (Å²) in [4.78, 5) is 39.8. The zero-order chi connectivity index (χ0) is 23.8. The van der Waals surface area contributed by atoms with Gasteiger partial charge in [-0.2, -0.15) is 0 Å². The Kier molecular flexibility index (Phi) is 6.27. The monoisotopic (exact) mass is 475 g/mol. The number of fused-ring (bicyclic) bond motifs is 1. The number of hydrogen-bond donors (Lipinski definition) is 2. The van der Waals surface area contributed by atoms with Crippen LogP contribution in [0.2, 0.25) is 5.02 Å². The number of amides is 3. The maximum absolute atomic E-state index is 13.4. The van der Waals surface area contributed by atoms with E-state index in [1.54, 1.807) is 23.1 Å². The molecule has 0 aromatic heterocycles. The lowest BCUT2D eigenvalue weighted by molar-refractivity contribution is -0.175. The van der Waals surface area contributed by atoms with E-state index in [0.29, 0.717) is 24.2 Å². The highest BCUT2D eigenvalue weighted by Gasteiger charge is 2.49. The first-order valence-corrected chi connectivity index (χ1v) is 10.9. The van der Waals surface area contributed by atoms with E-state index in [0.717, 1.165) is 11.3 Å². The first kappa shape index (κ1) is 23.0. The molecule has 174 valence electrons. The Balaban J connectivity index is 1.35. The molecule has 1 atom stereocenters. The minimum atomic E-state index is -2.28. The molecule has 1 saturated heterocycles. The number of benzene rings is 2. The Labute approximate surface area is 194 Å². The summed E-state index contributed by atoms with van der Waals surface area (Å²) in [6.07, 6.45) is -0.0848. The summed E-state index contributed by atoms with van der Waals surface area (Å²) in [7, 11) is 0. The maximum atomic E-state index is 13.4. The SMILES string of the molecule is CC(=O)N1CCc2cc(N3CCC(O)(OC(=O)NCCc4cc(F)cc(Cl)c4)C3=O)ccc21. The highest BCUT2D eigenvalue weighted by Crippen LogP contribution is 2.35. The second-order valence-corrected chi connectivity index (χ2v) is 8.51. The average molecular weight is 476 g/mol. The molecule has 2 N–H and O–H groups in total. The Morgan fingerprint density at radius 3 is 2.76 bits per heavy atom. The van der Waals surface area contributed by atoms with E-state index in [1.807, 2.05) is 6.07 Å². The maximum Gasteiger partial charge on any atom is 0.410 e. The van der Waals surface area contributed by atoms with Gasteiger partial charge in [0.15, 0.2) is 0 Å². The first-order valence-electron chi connectivity index (χ1n) is 10.5. The predicted molar refractivity (Wildman–Crippen MR) is 120 cm³/mol. The van der Waals surface area contributed by atoms with Gasteiger partial charge in [-0.25, -0.2) is 9.18 Å². The molecule has 2 heterocycles. The lowest BCUT2D eigenvalue weighted by Crippen LogP contribution is -2.46. The van der Waals surface area contributed by atoms with Crippen LogP contribution in [0.1, 0.15) is 24.5 Å². The molecule has 3 amide bonds. The topological polar surface area (TPSA) is 99.2 Å². The van der Waals surface area contributed by atoms with Gasteiger partial charge in [0.2, 0.25) is 5.91 Å².